The summed E-state index contributed by atoms with van der Waals surface area (Å²) >= 11 is 0. The molecule has 0 unspecified atom stereocenters. The summed E-state index contributed by atoms with van der Waals surface area (Å²) in [6.45, 7) is 2.45. The van der Waals surface area contributed by atoms with E-state index >= 15 is 0 Å². The molecule has 0 spiro atoms. The number of hydrogen-bond donors (Lipinski definition) is 1. The highest BCUT2D eigenvalue weighted by Gasteiger charge is 2.19. The van der Waals surface area contributed by atoms with E-state index in [9.17, 15) is 13.6 Å². The third-order valence-corrected chi connectivity index (χ3v) is 2.63. The quantitative estimate of drug-likeness (QED) is 0.925. The Kier molecular flexibility index (Phi) is 3.59. The van der Waals surface area contributed by atoms with E-state index in [1.807, 2.05) is 6.92 Å². The molecule has 2 rings (SSSR count). The van der Waals surface area contributed by atoms with Crippen molar-refractivity contribution in [3.8, 4) is 11.3 Å². The monoisotopic (exact) mass is 266 g/mol. The summed E-state index contributed by atoms with van der Waals surface area (Å²) in [6, 6.07) is 2.97. The van der Waals surface area contributed by atoms with Crippen molar-refractivity contribution in [1.82, 2.24) is 9.78 Å². The Morgan fingerprint density at radius 3 is 2.74 bits per heavy atom. The van der Waals surface area contributed by atoms with Crippen LogP contribution in [0.1, 0.15) is 23.7 Å². The first-order valence-corrected chi connectivity index (χ1v) is 5.79. The highest BCUT2D eigenvalue weighted by molar-refractivity contribution is 5.94. The number of carboxylic acid groups (broad SMARTS) is 1. The molecule has 0 aliphatic carbocycles. The minimum atomic E-state index is -1.19. The van der Waals surface area contributed by atoms with Crippen molar-refractivity contribution in [2.24, 2.45) is 0 Å². The van der Waals surface area contributed by atoms with Gasteiger partial charge in [0.05, 0.1) is 0 Å². The molecular weight excluding hydrogens is 254 g/mol. The van der Waals surface area contributed by atoms with Crippen LogP contribution >= 0.6 is 0 Å². The molecular formula is C13H12F2N2O2. The molecule has 0 aliphatic rings. The second kappa shape index (κ2) is 5.17. The average molecular weight is 266 g/mol. The number of aromatic carboxylic acids is 1. The van der Waals surface area contributed by atoms with E-state index in [1.165, 1.54) is 16.9 Å². The lowest BCUT2D eigenvalue weighted by atomic mass is 10.1. The number of rotatable bonds is 4. The van der Waals surface area contributed by atoms with Crippen molar-refractivity contribution in [3.63, 3.8) is 0 Å². The first-order chi connectivity index (χ1) is 9.02. The summed E-state index contributed by atoms with van der Waals surface area (Å²) in [7, 11) is 0. The topological polar surface area (TPSA) is 55.1 Å². The number of aryl methyl sites for hydroxylation is 1. The third-order valence-electron chi connectivity index (χ3n) is 2.63. The van der Waals surface area contributed by atoms with Crippen LogP contribution in [0.3, 0.4) is 0 Å². The van der Waals surface area contributed by atoms with Crippen LogP contribution in [0.15, 0.2) is 24.4 Å². The predicted molar refractivity (Wildman–Crippen MR) is 64.8 cm³/mol. The van der Waals surface area contributed by atoms with Crippen LogP contribution < -0.4 is 0 Å². The van der Waals surface area contributed by atoms with Gasteiger partial charge in [-0.15, -0.1) is 0 Å². The lowest BCUT2D eigenvalue weighted by Crippen LogP contribution is -1.98. The number of carboxylic acids is 1. The summed E-state index contributed by atoms with van der Waals surface area (Å²) in [4.78, 5) is 11.1. The Morgan fingerprint density at radius 1 is 1.42 bits per heavy atom. The van der Waals surface area contributed by atoms with E-state index in [0.717, 1.165) is 12.5 Å². The molecule has 19 heavy (non-hydrogen) atoms. The molecule has 1 heterocycles. The van der Waals surface area contributed by atoms with Gasteiger partial charge in [0.25, 0.3) is 0 Å². The van der Waals surface area contributed by atoms with Crippen molar-refractivity contribution >= 4 is 5.97 Å². The maximum absolute atomic E-state index is 13.7. The Hall–Kier alpha value is -2.24. The first-order valence-electron chi connectivity index (χ1n) is 5.79. The van der Waals surface area contributed by atoms with Crippen LogP contribution in [0.5, 0.6) is 0 Å². The number of hydrogen-bond acceptors (Lipinski definition) is 2. The zero-order chi connectivity index (χ0) is 14.0. The molecule has 0 saturated heterocycles. The predicted octanol–water partition coefficient (Wildman–Crippen LogP) is 2.94. The zero-order valence-electron chi connectivity index (χ0n) is 10.2. The molecule has 0 fully saturated rings. The lowest BCUT2D eigenvalue weighted by Gasteiger charge is -2.01. The van der Waals surface area contributed by atoms with Gasteiger partial charge < -0.3 is 5.11 Å². The molecule has 1 aromatic heterocycles. The molecule has 0 aliphatic heterocycles. The van der Waals surface area contributed by atoms with Gasteiger partial charge in [0.2, 0.25) is 0 Å². The smallest absolute Gasteiger partial charge is 0.339 e. The number of aromatic nitrogens is 2. The van der Waals surface area contributed by atoms with Gasteiger partial charge in [0.1, 0.15) is 22.9 Å². The fourth-order valence-electron chi connectivity index (χ4n) is 1.80. The molecule has 4 nitrogen and oxygen atoms in total. The Bertz CT molecular complexity index is 623. The molecule has 0 bridgehead atoms. The fraction of sp³-hybridized carbons (Fsp3) is 0.231. The van der Waals surface area contributed by atoms with Gasteiger partial charge in [-0.1, -0.05) is 6.92 Å². The lowest BCUT2D eigenvalue weighted by molar-refractivity contribution is 0.0697. The van der Waals surface area contributed by atoms with E-state index in [2.05, 4.69) is 5.10 Å². The maximum atomic E-state index is 13.7. The number of halogens is 2. The Balaban J connectivity index is 2.56. The highest BCUT2D eigenvalue weighted by Crippen LogP contribution is 2.25. The largest absolute Gasteiger partial charge is 0.478 e. The van der Waals surface area contributed by atoms with E-state index < -0.39 is 17.6 Å². The van der Waals surface area contributed by atoms with Crippen molar-refractivity contribution < 1.29 is 18.7 Å². The van der Waals surface area contributed by atoms with Gasteiger partial charge in [-0.3, -0.25) is 4.68 Å². The molecule has 0 atom stereocenters. The van der Waals surface area contributed by atoms with Crippen molar-refractivity contribution in [2.45, 2.75) is 19.9 Å². The van der Waals surface area contributed by atoms with Crippen LogP contribution in [-0.2, 0) is 6.54 Å². The van der Waals surface area contributed by atoms with Crippen molar-refractivity contribution in [3.05, 3.63) is 41.6 Å². The maximum Gasteiger partial charge on any atom is 0.339 e. The van der Waals surface area contributed by atoms with Gasteiger partial charge in [-0.2, -0.15) is 5.10 Å². The SMILES string of the molecule is CCCn1cc(C(=O)O)c(-c2ccc(F)cc2F)n1. The van der Waals surface area contributed by atoms with Gasteiger partial charge in [-0.25, -0.2) is 13.6 Å². The minimum Gasteiger partial charge on any atom is -0.478 e. The van der Waals surface area contributed by atoms with Crippen LogP contribution in [0, 0.1) is 11.6 Å². The summed E-state index contributed by atoms with van der Waals surface area (Å²) in [5.74, 6) is -2.74. The van der Waals surface area contributed by atoms with Gasteiger partial charge in [0.15, 0.2) is 0 Å². The molecule has 100 valence electrons. The number of nitrogens with zero attached hydrogens (tertiary/aromatic N) is 2. The van der Waals surface area contributed by atoms with Crippen LogP contribution in [0.2, 0.25) is 0 Å². The van der Waals surface area contributed by atoms with E-state index in [1.54, 1.807) is 0 Å². The molecule has 0 saturated carbocycles. The fourth-order valence-corrected chi connectivity index (χ4v) is 1.80. The van der Waals surface area contributed by atoms with E-state index in [-0.39, 0.29) is 16.8 Å². The van der Waals surface area contributed by atoms with E-state index in [0.29, 0.717) is 12.6 Å². The molecule has 2 aromatic rings. The molecule has 0 radical (unpaired) electrons. The molecule has 6 heteroatoms. The highest BCUT2D eigenvalue weighted by atomic mass is 19.1. The van der Waals surface area contributed by atoms with Crippen LogP contribution in [0.25, 0.3) is 11.3 Å². The zero-order valence-corrected chi connectivity index (χ0v) is 10.2. The Morgan fingerprint density at radius 2 is 2.16 bits per heavy atom. The van der Waals surface area contributed by atoms with Gasteiger partial charge in [-0.05, 0) is 18.6 Å². The van der Waals surface area contributed by atoms with Crippen LogP contribution in [0.4, 0.5) is 8.78 Å². The first kappa shape index (κ1) is 13.2. The summed E-state index contributed by atoms with van der Waals surface area (Å²) < 4.78 is 28.0. The number of benzene rings is 1. The average Bonchev–Trinajstić information content (AvgIpc) is 2.73. The van der Waals surface area contributed by atoms with Gasteiger partial charge >= 0.3 is 5.97 Å². The normalized spacial score (nSPS) is 10.7. The molecule has 1 N–H and O–H groups in total. The van der Waals surface area contributed by atoms with E-state index in [4.69, 9.17) is 5.11 Å². The minimum absolute atomic E-state index is 0.0125. The second-order valence-electron chi connectivity index (χ2n) is 4.08. The molecule has 1 aromatic carbocycles. The second-order valence-corrected chi connectivity index (χ2v) is 4.08. The van der Waals surface area contributed by atoms with Gasteiger partial charge in [0, 0.05) is 24.4 Å². The standard InChI is InChI=1S/C13H12F2N2O2/c1-2-5-17-7-10(13(18)19)12(16-17)9-4-3-8(14)6-11(9)15/h3-4,6-7H,2,5H2,1H3,(H,18,19). The van der Waals surface area contributed by atoms with Crippen molar-refractivity contribution in [1.29, 1.82) is 0 Å². The third kappa shape index (κ3) is 2.62. The summed E-state index contributed by atoms with van der Waals surface area (Å²) in [6.07, 6.45) is 2.12. The summed E-state index contributed by atoms with van der Waals surface area (Å²) in [5.41, 5.74) is -0.105. The Labute approximate surface area is 108 Å². The van der Waals surface area contributed by atoms with Crippen LogP contribution in [-0.4, -0.2) is 20.9 Å². The number of carbonyl (C=O) groups is 1. The van der Waals surface area contributed by atoms with Crippen molar-refractivity contribution in [2.75, 3.05) is 0 Å². The summed E-state index contributed by atoms with van der Waals surface area (Å²) in [5, 5.41) is 13.2. The molecule has 0 amide bonds.